The molecule has 0 aromatic heterocycles. The van der Waals surface area contributed by atoms with Crippen molar-refractivity contribution in [2.75, 3.05) is 13.2 Å². The molecule has 374 valence electrons. The van der Waals surface area contributed by atoms with Gasteiger partial charge in [-0.2, -0.15) is 0 Å². The van der Waals surface area contributed by atoms with Crippen LogP contribution in [0.25, 0.3) is 0 Å². The van der Waals surface area contributed by atoms with Crippen LogP contribution < -0.4 is 0 Å². The Bertz CT molecular complexity index is 1530. The van der Waals surface area contributed by atoms with Gasteiger partial charge in [0, 0.05) is 19.3 Å². The SMILES string of the molecule is CC\C=C/C=C\C=C/C=C\C=C\C=C/C=C\CCCCCC(=O)OCC(COC(=O)CCCCCCC/C=C\CCCCC)OC(=O)CCCCCCC\C=C/C=C\C=C/C=C\CCCCC. The number of hydrogen-bond acceptors (Lipinski definition) is 6. The minimum Gasteiger partial charge on any atom is -0.462 e. The van der Waals surface area contributed by atoms with Gasteiger partial charge in [0.2, 0.25) is 0 Å². The van der Waals surface area contributed by atoms with Crippen LogP contribution in [0.1, 0.15) is 201 Å². The van der Waals surface area contributed by atoms with Gasteiger partial charge in [-0.05, 0) is 89.9 Å². The van der Waals surface area contributed by atoms with Crippen LogP contribution in [0.5, 0.6) is 0 Å². The average molecular weight is 923 g/mol. The summed E-state index contributed by atoms with van der Waals surface area (Å²) < 4.78 is 16.7. The zero-order chi connectivity index (χ0) is 48.6. The smallest absolute Gasteiger partial charge is 0.306 e. The molecule has 0 aromatic carbocycles. The van der Waals surface area contributed by atoms with Gasteiger partial charge in [0.25, 0.3) is 0 Å². The number of ether oxygens (including phenoxy) is 3. The highest BCUT2D eigenvalue weighted by Crippen LogP contribution is 2.13. The largest absolute Gasteiger partial charge is 0.462 e. The van der Waals surface area contributed by atoms with Crippen molar-refractivity contribution in [3.63, 3.8) is 0 Å². The van der Waals surface area contributed by atoms with Gasteiger partial charge in [0.1, 0.15) is 13.2 Å². The Morgan fingerprint density at radius 1 is 0.313 bits per heavy atom. The molecule has 0 saturated carbocycles. The highest BCUT2D eigenvalue weighted by atomic mass is 16.6. The number of hydrogen-bond donors (Lipinski definition) is 0. The van der Waals surface area contributed by atoms with E-state index in [9.17, 15) is 14.4 Å². The number of rotatable bonds is 45. The highest BCUT2D eigenvalue weighted by molar-refractivity contribution is 5.71. The topological polar surface area (TPSA) is 78.9 Å². The molecule has 1 unspecified atom stereocenters. The van der Waals surface area contributed by atoms with Gasteiger partial charge in [-0.25, -0.2) is 0 Å². The van der Waals surface area contributed by atoms with E-state index < -0.39 is 6.10 Å². The van der Waals surface area contributed by atoms with Crippen molar-refractivity contribution in [2.45, 2.75) is 207 Å². The summed E-state index contributed by atoms with van der Waals surface area (Å²) in [6.07, 6.45) is 76.7. The van der Waals surface area contributed by atoms with Gasteiger partial charge in [-0.3, -0.25) is 14.4 Å². The summed E-state index contributed by atoms with van der Waals surface area (Å²) in [4.78, 5) is 38.0. The van der Waals surface area contributed by atoms with Gasteiger partial charge < -0.3 is 14.2 Å². The monoisotopic (exact) mass is 923 g/mol. The Morgan fingerprint density at radius 3 is 0.970 bits per heavy atom. The van der Waals surface area contributed by atoms with Crippen molar-refractivity contribution in [1.82, 2.24) is 0 Å². The zero-order valence-corrected chi connectivity index (χ0v) is 42.6. The third-order valence-electron chi connectivity index (χ3n) is 10.6. The number of carbonyl (C=O) groups excluding carboxylic acids is 3. The molecule has 0 aliphatic rings. The van der Waals surface area contributed by atoms with Crippen LogP contribution in [0.15, 0.2) is 146 Å². The lowest BCUT2D eigenvalue weighted by Gasteiger charge is -2.18. The van der Waals surface area contributed by atoms with E-state index in [1.54, 1.807) is 0 Å². The van der Waals surface area contributed by atoms with Crippen LogP contribution in [-0.2, 0) is 28.6 Å². The highest BCUT2D eigenvalue weighted by Gasteiger charge is 2.19. The van der Waals surface area contributed by atoms with Crippen LogP contribution >= 0.6 is 0 Å². The van der Waals surface area contributed by atoms with Crippen molar-refractivity contribution in [3.8, 4) is 0 Å². The van der Waals surface area contributed by atoms with E-state index in [-0.39, 0.29) is 37.5 Å². The maximum atomic E-state index is 12.8. The predicted molar refractivity (Wildman–Crippen MR) is 288 cm³/mol. The fourth-order valence-corrected chi connectivity index (χ4v) is 6.61. The van der Waals surface area contributed by atoms with Gasteiger partial charge >= 0.3 is 17.9 Å². The molecule has 0 heterocycles. The van der Waals surface area contributed by atoms with E-state index in [1.165, 1.54) is 51.4 Å². The Kier molecular flexibility index (Phi) is 50.1. The summed E-state index contributed by atoms with van der Waals surface area (Å²) in [6.45, 7) is 6.34. The Morgan fingerprint density at radius 2 is 0.597 bits per heavy atom. The molecule has 6 nitrogen and oxygen atoms in total. The average Bonchev–Trinajstić information content (AvgIpc) is 3.33. The van der Waals surface area contributed by atoms with Gasteiger partial charge in [-0.15, -0.1) is 0 Å². The van der Waals surface area contributed by atoms with E-state index in [2.05, 4.69) is 93.7 Å². The molecule has 0 spiro atoms. The van der Waals surface area contributed by atoms with Crippen molar-refractivity contribution < 1.29 is 28.6 Å². The number of allylic oxidation sites excluding steroid dienone is 24. The molecule has 1 atom stereocenters. The quantitative estimate of drug-likeness (QED) is 0.0199. The Balaban J connectivity index is 4.58. The molecule has 0 radical (unpaired) electrons. The summed E-state index contributed by atoms with van der Waals surface area (Å²) in [5.41, 5.74) is 0. The third-order valence-corrected chi connectivity index (χ3v) is 10.6. The molecule has 0 saturated heterocycles. The first-order valence-corrected chi connectivity index (χ1v) is 26.5. The van der Waals surface area contributed by atoms with Crippen LogP contribution in [0, 0.1) is 0 Å². The van der Waals surface area contributed by atoms with Crippen LogP contribution in [0.2, 0.25) is 0 Å². The fraction of sp³-hybridized carbons (Fsp3) is 0.557. The molecule has 0 fully saturated rings. The van der Waals surface area contributed by atoms with E-state index in [0.717, 1.165) is 109 Å². The fourth-order valence-electron chi connectivity index (χ4n) is 6.61. The van der Waals surface area contributed by atoms with Gasteiger partial charge in [-0.1, -0.05) is 237 Å². The Hall–Kier alpha value is -4.71. The minimum absolute atomic E-state index is 0.114. The van der Waals surface area contributed by atoms with E-state index in [4.69, 9.17) is 14.2 Å². The lowest BCUT2D eigenvalue weighted by atomic mass is 10.1. The summed E-state index contributed by atoms with van der Waals surface area (Å²) in [5.74, 6) is -1.00. The Labute approximate surface area is 410 Å². The summed E-state index contributed by atoms with van der Waals surface area (Å²) in [6, 6.07) is 0. The maximum absolute atomic E-state index is 12.8. The lowest BCUT2D eigenvalue weighted by molar-refractivity contribution is -0.167. The second-order valence-electron chi connectivity index (χ2n) is 17.0. The standard InChI is InChI=1S/C61H94O6/c1-4-7-10-13-16-19-22-25-27-29-31-33-34-36-39-42-45-48-51-54-60(63)66-57-58(56-65-59(62)53-50-47-44-41-38-24-21-18-15-12-9-6-3)67-61(64)55-52-49-46-43-40-37-35-32-30-28-26-23-20-17-14-11-8-5-2/h7,10,13,16-23,25-36,39,58H,4-6,8-9,11-12,14-15,24,37-38,40-57H2,1-3H3/b10-7-,16-13-,20-17-,21-18-,22-19-,26-23-,27-25-,30-28-,31-29+,34-33-,35-32-,39-36-. The number of unbranched alkanes of at least 4 members (excludes halogenated alkanes) is 19. The van der Waals surface area contributed by atoms with Crippen molar-refractivity contribution in [2.24, 2.45) is 0 Å². The second kappa shape index (κ2) is 53.9. The first kappa shape index (κ1) is 62.3. The molecule has 0 N–H and O–H groups in total. The van der Waals surface area contributed by atoms with Crippen LogP contribution in [0.3, 0.4) is 0 Å². The van der Waals surface area contributed by atoms with E-state index in [0.29, 0.717) is 12.8 Å². The molecule has 0 aliphatic heterocycles. The van der Waals surface area contributed by atoms with Crippen LogP contribution in [-0.4, -0.2) is 37.2 Å². The normalized spacial score (nSPS) is 13.3. The molecule has 0 bridgehead atoms. The maximum Gasteiger partial charge on any atom is 0.306 e. The van der Waals surface area contributed by atoms with Gasteiger partial charge in [0.15, 0.2) is 6.10 Å². The molecule has 6 heteroatoms. The lowest BCUT2D eigenvalue weighted by Crippen LogP contribution is -2.30. The summed E-state index contributed by atoms with van der Waals surface area (Å²) in [5, 5.41) is 0. The molecular weight excluding hydrogens is 829 g/mol. The van der Waals surface area contributed by atoms with E-state index >= 15 is 0 Å². The number of esters is 3. The van der Waals surface area contributed by atoms with Crippen molar-refractivity contribution >= 4 is 17.9 Å². The first-order valence-electron chi connectivity index (χ1n) is 26.5. The van der Waals surface area contributed by atoms with Crippen molar-refractivity contribution in [1.29, 1.82) is 0 Å². The van der Waals surface area contributed by atoms with Crippen molar-refractivity contribution in [3.05, 3.63) is 146 Å². The molecule has 67 heavy (non-hydrogen) atoms. The van der Waals surface area contributed by atoms with Crippen LogP contribution in [0.4, 0.5) is 0 Å². The second-order valence-corrected chi connectivity index (χ2v) is 17.0. The molecule has 0 aromatic rings. The number of carbonyl (C=O) groups is 3. The first-order chi connectivity index (χ1) is 33.0. The predicted octanol–water partition coefficient (Wildman–Crippen LogP) is 17.6. The summed E-state index contributed by atoms with van der Waals surface area (Å²) in [7, 11) is 0. The third kappa shape index (κ3) is 52.1. The van der Waals surface area contributed by atoms with Gasteiger partial charge in [0.05, 0.1) is 0 Å². The van der Waals surface area contributed by atoms with E-state index in [1.807, 2.05) is 72.9 Å². The molecular formula is C61H94O6. The molecule has 0 amide bonds. The zero-order valence-electron chi connectivity index (χ0n) is 42.6. The summed E-state index contributed by atoms with van der Waals surface area (Å²) >= 11 is 0. The minimum atomic E-state index is -0.819. The molecule has 0 aliphatic carbocycles. The molecule has 0 rings (SSSR count).